The summed E-state index contributed by atoms with van der Waals surface area (Å²) in [6, 6.07) is 0. The Morgan fingerprint density at radius 1 is 1.46 bits per heavy atom. The minimum atomic E-state index is 0.832. The maximum absolute atomic E-state index is 5.30. The molecule has 0 unspecified atom stereocenters. The van der Waals surface area contributed by atoms with Gasteiger partial charge < -0.3 is 10.1 Å². The van der Waals surface area contributed by atoms with Crippen LogP contribution in [0.3, 0.4) is 0 Å². The lowest BCUT2D eigenvalue weighted by atomic mass is 10.0. The molecule has 1 aliphatic rings. The minimum absolute atomic E-state index is 0.832. The number of nitrogens with one attached hydrogen (secondary N) is 1. The van der Waals surface area contributed by atoms with E-state index in [4.69, 9.17) is 4.74 Å². The zero-order chi connectivity index (χ0) is 9.52. The van der Waals surface area contributed by atoms with E-state index in [9.17, 15) is 0 Å². The summed E-state index contributed by atoms with van der Waals surface area (Å²) in [5, 5.41) is 3.47. The molecule has 2 nitrogen and oxygen atoms in total. The molecule has 1 rings (SSSR count). The molecule has 0 aliphatic carbocycles. The molecule has 0 bridgehead atoms. The van der Waals surface area contributed by atoms with Gasteiger partial charge in [0.25, 0.3) is 0 Å². The van der Waals surface area contributed by atoms with Gasteiger partial charge >= 0.3 is 0 Å². The van der Waals surface area contributed by atoms with Gasteiger partial charge in [-0.1, -0.05) is 5.57 Å². The second kappa shape index (κ2) is 6.17. The van der Waals surface area contributed by atoms with Crippen molar-refractivity contribution in [1.29, 1.82) is 0 Å². The second-order valence-electron chi connectivity index (χ2n) is 3.97. The van der Waals surface area contributed by atoms with Gasteiger partial charge in [-0.15, -0.1) is 6.58 Å². The lowest BCUT2D eigenvalue weighted by Crippen LogP contribution is -2.28. The van der Waals surface area contributed by atoms with E-state index in [1.165, 1.54) is 18.4 Å². The Labute approximate surface area is 81.4 Å². The standard InChI is InChI=1S/C11H21NO/c1-10(2)3-6-12-9-11-4-7-13-8-5-11/h11-12H,1,3-9H2,2H3. The fourth-order valence-electron chi connectivity index (χ4n) is 1.56. The van der Waals surface area contributed by atoms with Gasteiger partial charge in [-0.25, -0.2) is 0 Å². The smallest absolute Gasteiger partial charge is 0.0469 e. The van der Waals surface area contributed by atoms with E-state index < -0.39 is 0 Å². The minimum Gasteiger partial charge on any atom is -0.381 e. The molecule has 0 saturated carbocycles. The molecular formula is C11H21NO. The fraction of sp³-hybridized carbons (Fsp3) is 0.818. The van der Waals surface area contributed by atoms with E-state index in [0.29, 0.717) is 0 Å². The molecular weight excluding hydrogens is 162 g/mol. The van der Waals surface area contributed by atoms with Gasteiger partial charge in [-0.2, -0.15) is 0 Å². The van der Waals surface area contributed by atoms with Crippen molar-refractivity contribution < 1.29 is 4.74 Å². The Kier molecular flexibility index (Phi) is 5.09. The van der Waals surface area contributed by atoms with Crippen LogP contribution in [0, 0.1) is 5.92 Å². The lowest BCUT2D eigenvalue weighted by Gasteiger charge is -2.22. The van der Waals surface area contributed by atoms with E-state index in [-0.39, 0.29) is 0 Å². The predicted octanol–water partition coefficient (Wildman–Crippen LogP) is 1.97. The third-order valence-corrected chi connectivity index (χ3v) is 2.50. The van der Waals surface area contributed by atoms with Crippen molar-refractivity contribution >= 4 is 0 Å². The van der Waals surface area contributed by atoms with Gasteiger partial charge in [0.1, 0.15) is 0 Å². The summed E-state index contributed by atoms with van der Waals surface area (Å²) in [5.41, 5.74) is 1.26. The van der Waals surface area contributed by atoms with Crippen molar-refractivity contribution in [3.05, 3.63) is 12.2 Å². The van der Waals surface area contributed by atoms with Crippen LogP contribution in [0.1, 0.15) is 26.2 Å². The highest BCUT2D eigenvalue weighted by atomic mass is 16.5. The van der Waals surface area contributed by atoms with E-state index >= 15 is 0 Å². The molecule has 0 radical (unpaired) electrons. The monoisotopic (exact) mass is 183 g/mol. The molecule has 1 saturated heterocycles. The SMILES string of the molecule is C=C(C)CCNCC1CCOCC1. The summed E-state index contributed by atoms with van der Waals surface area (Å²) in [6.45, 7) is 10.1. The average Bonchev–Trinajstić information content (AvgIpc) is 2.14. The van der Waals surface area contributed by atoms with Gasteiger partial charge in [-0.3, -0.25) is 0 Å². The van der Waals surface area contributed by atoms with Gasteiger partial charge in [-0.05, 0) is 45.2 Å². The van der Waals surface area contributed by atoms with Crippen molar-refractivity contribution in [2.45, 2.75) is 26.2 Å². The van der Waals surface area contributed by atoms with Crippen LogP contribution in [0.4, 0.5) is 0 Å². The van der Waals surface area contributed by atoms with Crippen molar-refractivity contribution in [3.63, 3.8) is 0 Å². The van der Waals surface area contributed by atoms with Crippen LogP contribution in [0.5, 0.6) is 0 Å². The molecule has 0 aromatic carbocycles. The van der Waals surface area contributed by atoms with Crippen molar-refractivity contribution in [2.24, 2.45) is 5.92 Å². The number of hydrogen-bond donors (Lipinski definition) is 1. The van der Waals surface area contributed by atoms with Crippen LogP contribution < -0.4 is 5.32 Å². The van der Waals surface area contributed by atoms with Crippen LogP contribution >= 0.6 is 0 Å². The molecule has 1 N–H and O–H groups in total. The summed E-state index contributed by atoms with van der Waals surface area (Å²) in [5.74, 6) is 0.832. The van der Waals surface area contributed by atoms with Crippen LogP contribution in [0.15, 0.2) is 12.2 Å². The Bertz CT molecular complexity index is 150. The molecule has 1 heterocycles. The van der Waals surface area contributed by atoms with Gasteiger partial charge in [0, 0.05) is 13.2 Å². The second-order valence-corrected chi connectivity index (χ2v) is 3.97. The molecule has 0 atom stereocenters. The first-order valence-corrected chi connectivity index (χ1v) is 5.22. The normalized spacial score (nSPS) is 18.8. The zero-order valence-electron chi connectivity index (χ0n) is 8.64. The lowest BCUT2D eigenvalue weighted by molar-refractivity contribution is 0.0664. The Hall–Kier alpha value is -0.340. The highest BCUT2D eigenvalue weighted by Crippen LogP contribution is 2.13. The van der Waals surface area contributed by atoms with E-state index in [2.05, 4.69) is 18.8 Å². The van der Waals surface area contributed by atoms with Crippen LogP contribution in [0.2, 0.25) is 0 Å². The summed E-state index contributed by atoms with van der Waals surface area (Å²) >= 11 is 0. The maximum atomic E-state index is 5.30. The van der Waals surface area contributed by atoms with Crippen molar-refractivity contribution in [1.82, 2.24) is 5.32 Å². The zero-order valence-corrected chi connectivity index (χ0v) is 8.64. The molecule has 13 heavy (non-hydrogen) atoms. The molecule has 1 fully saturated rings. The molecule has 0 aromatic rings. The van der Waals surface area contributed by atoms with Crippen LogP contribution in [-0.4, -0.2) is 26.3 Å². The van der Waals surface area contributed by atoms with E-state index in [1.54, 1.807) is 0 Å². The summed E-state index contributed by atoms with van der Waals surface area (Å²) in [4.78, 5) is 0. The number of hydrogen-bond acceptors (Lipinski definition) is 2. The Balaban J connectivity index is 1.95. The highest BCUT2D eigenvalue weighted by molar-refractivity contribution is 4.88. The molecule has 0 spiro atoms. The maximum Gasteiger partial charge on any atom is 0.0469 e. The Morgan fingerprint density at radius 3 is 2.77 bits per heavy atom. The van der Waals surface area contributed by atoms with E-state index in [1.807, 2.05) is 0 Å². The quantitative estimate of drug-likeness (QED) is 0.520. The molecule has 76 valence electrons. The van der Waals surface area contributed by atoms with Crippen LogP contribution in [0.25, 0.3) is 0 Å². The summed E-state index contributed by atoms with van der Waals surface area (Å²) in [7, 11) is 0. The van der Waals surface area contributed by atoms with Crippen molar-refractivity contribution in [3.8, 4) is 0 Å². The number of rotatable bonds is 5. The highest BCUT2D eigenvalue weighted by Gasteiger charge is 2.12. The summed E-state index contributed by atoms with van der Waals surface area (Å²) in [6.07, 6.45) is 3.55. The van der Waals surface area contributed by atoms with Crippen molar-refractivity contribution in [2.75, 3.05) is 26.3 Å². The van der Waals surface area contributed by atoms with Gasteiger partial charge in [0.2, 0.25) is 0 Å². The van der Waals surface area contributed by atoms with Gasteiger partial charge in [0.05, 0.1) is 0 Å². The molecule has 0 amide bonds. The number of ether oxygens (including phenoxy) is 1. The largest absolute Gasteiger partial charge is 0.381 e. The predicted molar refractivity (Wildman–Crippen MR) is 55.8 cm³/mol. The average molecular weight is 183 g/mol. The first kappa shape index (κ1) is 10.7. The topological polar surface area (TPSA) is 21.3 Å². The van der Waals surface area contributed by atoms with Crippen LogP contribution in [-0.2, 0) is 4.74 Å². The molecule has 2 heteroatoms. The Morgan fingerprint density at radius 2 is 2.15 bits per heavy atom. The molecule has 0 aromatic heterocycles. The summed E-state index contributed by atoms with van der Waals surface area (Å²) < 4.78 is 5.30. The van der Waals surface area contributed by atoms with E-state index in [0.717, 1.165) is 38.6 Å². The third kappa shape index (κ3) is 5.06. The molecule has 1 aliphatic heterocycles. The first-order valence-electron chi connectivity index (χ1n) is 5.22. The fourth-order valence-corrected chi connectivity index (χ4v) is 1.56. The third-order valence-electron chi connectivity index (χ3n) is 2.50. The first-order chi connectivity index (χ1) is 6.29. The van der Waals surface area contributed by atoms with Gasteiger partial charge in [0.15, 0.2) is 0 Å².